The van der Waals surface area contributed by atoms with Gasteiger partial charge in [-0.05, 0) is 72.7 Å². The van der Waals surface area contributed by atoms with Gasteiger partial charge in [-0.1, -0.05) is 73.2 Å². The average Bonchev–Trinajstić information content (AvgIpc) is 3.06. The summed E-state index contributed by atoms with van der Waals surface area (Å²) in [5.41, 5.74) is 6.07. The second-order valence-electron chi connectivity index (χ2n) is 11.9. The molecule has 3 aromatic carbocycles. The van der Waals surface area contributed by atoms with Gasteiger partial charge in [-0.15, -0.1) is 0 Å². The summed E-state index contributed by atoms with van der Waals surface area (Å²) in [6, 6.07) is 24.4. The van der Waals surface area contributed by atoms with Crippen molar-refractivity contribution in [1.29, 1.82) is 0 Å². The van der Waals surface area contributed by atoms with E-state index >= 15 is 0 Å². The van der Waals surface area contributed by atoms with Crippen LogP contribution in [-0.2, 0) is 32.2 Å². The van der Waals surface area contributed by atoms with Crippen LogP contribution in [0.5, 0.6) is 0 Å². The van der Waals surface area contributed by atoms with Gasteiger partial charge in [0, 0.05) is 37.9 Å². The van der Waals surface area contributed by atoms with Crippen molar-refractivity contribution in [3.05, 3.63) is 95.1 Å². The lowest BCUT2D eigenvalue weighted by Gasteiger charge is -2.39. The van der Waals surface area contributed by atoms with Crippen molar-refractivity contribution >= 4 is 11.9 Å². The molecule has 2 heterocycles. The molecule has 0 radical (unpaired) electrons. The molecule has 44 heavy (non-hydrogen) atoms. The summed E-state index contributed by atoms with van der Waals surface area (Å²) >= 11 is 0. The van der Waals surface area contributed by atoms with Gasteiger partial charge in [-0.25, -0.2) is 0 Å². The topological polar surface area (TPSA) is 108 Å². The standard InChI is InChI=1S/C36H44N2O6/c39-25-26-11-13-29(14-12-26)33-22-32(24-38-19-4-1-5-20-38)43-36(44-33)30-17-15-28(16-18-30)31-8-6-7-27(21-31)23-37-34(40)9-2-3-10-35(41)42/h6-8,11-18,21,32-33,36,39H,1-5,9-10,19-20,22-25H2,(H,37,40)(H,41,42). The smallest absolute Gasteiger partial charge is 0.303 e. The number of ether oxygens (including phenoxy) is 2. The molecule has 3 unspecified atom stereocenters. The number of piperidine rings is 1. The molecule has 3 N–H and O–H groups in total. The lowest BCUT2D eigenvalue weighted by molar-refractivity contribution is -0.253. The molecule has 3 aromatic rings. The van der Waals surface area contributed by atoms with Gasteiger partial charge in [-0.3, -0.25) is 9.59 Å². The molecular weight excluding hydrogens is 556 g/mol. The highest BCUT2D eigenvalue weighted by atomic mass is 16.7. The van der Waals surface area contributed by atoms with E-state index in [-0.39, 0.29) is 31.1 Å². The largest absolute Gasteiger partial charge is 0.481 e. The van der Waals surface area contributed by atoms with Gasteiger partial charge in [0.15, 0.2) is 6.29 Å². The first-order valence-electron chi connectivity index (χ1n) is 15.9. The number of nitrogens with zero attached hydrogens (tertiary/aromatic N) is 1. The highest BCUT2D eigenvalue weighted by molar-refractivity contribution is 5.76. The predicted octanol–water partition coefficient (Wildman–Crippen LogP) is 6.14. The molecule has 1 amide bonds. The van der Waals surface area contributed by atoms with E-state index in [0.29, 0.717) is 25.8 Å². The molecule has 2 aliphatic rings. The Morgan fingerprint density at radius 3 is 2.27 bits per heavy atom. The van der Waals surface area contributed by atoms with E-state index in [4.69, 9.17) is 14.6 Å². The number of carboxylic acid groups (broad SMARTS) is 1. The van der Waals surface area contributed by atoms with Gasteiger partial charge >= 0.3 is 5.97 Å². The first-order chi connectivity index (χ1) is 21.5. The Labute approximate surface area is 260 Å². The first-order valence-corrected chi connectivity index (χ1v) is 15.9. The molecule has 234 valence electrons. The van der Waals surface area contributed by atoms with Crippen LogP contribution < -0.4 is 5.32 Å². The maximum atomic E-state index is 12.2. The average molecular weight is 601 g/mol. The van der Waals surface area contributed by atoms with Crippen LogP contribution in [-0.4, -0.2) is 52.7 Å². The highest BCUT2D eigenvalue weighted by Crippen LogP contribution is 2.39. The number of rotatable bonds is 13. The molecular formula is C36H44N2O6. The van der Waals surface area contributed by atoms with Gasteiger partial charge < -0.3 is 29.9 Å². The minimum atomic E-state index is -0.833. The summed E-state index contributed by atoms with van der Waals surface area (Å²) in [5, 5.41) is 21.2. The Hall–Kier alpha value is -3.56. The molecule has 0 aliphatic carbocycles. The van der Waals surface area contributed by atoms with E-state index in [1.807, 2.05) is 24.3 Å². The third-order valence-corrected chi connectivity index (χ3v) is 8.50. The van der Waals surface area contributed by atoms with E-state index in [0.717, 1.165) is 59.4 Å². The number of unbranched alkanes of at least 4 members (excludes halogenated alkanes) is 1. The van der Waals surface area contributed by atoms with Crippen LogP contribution in [0.25, 0.3) is 11.1 Å². The Bertz CT molecular complexity index is 1350. The Kier molecular flexibility index (Phi) is 11.5. The number of nitrogens with one attached hydrogen (secondary N) is 1. The van der Waals surface area contributed by atoms with Crippen LogP contribution in [0.15, 0.2) is 72.8 Å². The maximum Gasteiger partial charge on any atom is 0.303 e. The van der Waals surface area contributed by atoms with Crippen LogP contribution in [0.4, 0.5) is 0 Å². The molecule has 3 atom stereocenters. The van der Waals surface area contributed by atoms with Crippen molar-refractivity contribution < 1.29 is 29.3 Å². The fourth-order valence-corrected chi connectivity index (χ4v) is 6.01. The lowest BCUT2D eigenvalue weighted by Crippen LogP contribution is -2.41. The van der Waals surface area contributed by atoms with Crippen LogP contribution in [0.1, 0.15) is 86.0 Å². The summed E-state index contributed by atoms with van der Waals surface area (Å²) in [6.07, 6.45) is 5.52. The van der Waals surface area contributed by atoms with E-state index < -0.39 is 12.3 Å². The molecule has 2 saturated heterocycles. The summed E-state index contributed by atoms with van der Waals surface area (Å²) in [7, 11) is 0. The lowest BCUT2D eigenvalue weighted by atomic mass is 9.98. The summed E-state index contributed by atoms with van der Waals surface area (Å²) in [6.45, 7) is 3.58. The number of amides is 1. The minimum absolute atomic E-state index is 0.0230. The third-order valence-electron chi connectivity index (χ3n) is 8.50. The fourth-order valence-electron chi connectivity index (χ4n) is 6.01. The SMILES string of the molecule is O=C(O)CCCCC(=O)NCc1cccc(-c2ccc(C3OC(CN4CCCCC4)CC(c4ccc(CO)cc4)O3)cc2)c1. The second-order valence-corrected chi connectivity index (χ2v) is 11.9. The van der Waals surface area contributed by atoms with Crippen molar-refractivity contribution in [2.24, 2.45) is 0 Å². The fraction of sp³-hybridized carbons (Fsp3) is 0.444. The van der Waals surface area contributed by atoms with Crippen molar-refractivity contribution in [3.8, 4) is 11.1 Å². The summed E-state index contributed by atoms with van der Waals surface area (Å²) in [5.74, 6) is -0.903. The number of carbonyl (C=O) groups excluding carboxylic acids is 1. The number of hydrogen-bond donors (Lipinski definition) is 3. The zero-order valence-corrected chi connectivity index (χ0v) is 25.3. The zero-order chi connectivity index (χ0) is 30.7. The second kappa shape index (κ2) is 16.0. The zero-order valence-electron chi connectivity index (χ0n) is 25.3. The maximum absolute atomic E-state index is 12.2. The van der Waals surface area contributed by atoms with E-state index in [9.17, 15) is 14.7 Å². The first kappa shape index (κ1) is 31.9. The van der Waals surface area contributed by atoms with Crippen LogP contribution in [0.3, 0.4) is 0 Å². The van der Waals surface area contributed by atoms with Crippen LogP contribution in [0, 0.1) is 0 Å². The van der Waals surface area contributed by atoms with E-state index in [1.54, 1.807) is 0 Å². The van der Waals surface area contributed by atoms with Gasteiger partial charge in [0.05, 0.1) is 18.8 Å². The number of aliphatic carboxylic acids is 1. The molecule has 0 bridgehead atoms. The normalized spacial score (nSPS) is 20.7. The Balaban J connectivity index is 1.23. The van der Waals surface area contributed by atoms with Gasteiger partial charge in [0.2, 0.25) is 5.91 Å². The quantitative estimate of drug-likeness (QED) is 0.202. The third kappa shape index (κ3) is 9.22. The molecule has 0 aromatic heterocycles. The highest BCUT2D eigenvalue weighted by Gasteiger charge is 2.33. The molecule has 0 spiro atoms. The number of benzene rings is 3. The Morgan fingerprint density at radius 1 is 0.818 bits per heavy atom. The van der Waals surface area contributed by atoms with Gasteiger partial charge in [0.1, 0.15) is 0 Å². The number of aliphatic hydroxyl groups excluding tert-OH is 1. The van der Waals surface area contributed by atoms with Crippen molar-refractivity contribution in [2.45, 2.75) is 83.0 Å². The van der Waals surface area contributed by atoms with Gasteiger partial charge in [0.25, 0.3) is 0 Å². The number of carbonyl (C=O) groups is 2. The van der Waals surface area contributed by atoms with Gasteiger partial charge in [-0.2, -0.15) is 0 Å². The Morgan fingerprint density at radius 2 is 1.55 bits per heavy atom. The monoisotopic (exact) mass is 600 g/mol. The number of carboxylic acids is 1. The summed E-state index contributed by atoms with van der Waals surface area (Å²) < 4.78 is 13.1. The van der Waals surface area contributed by atoms with Crippen molar-refractivity contribution in [3.63, 3.8) is 0 Å². The molecule has 2 aliphatic heterocycles. The van der Waals surface area contributed by atoms with Crippen molar-refractivity contribution in [2.75, 3.05) is 19.6 Å². The molecule has 5 rings (SSSR count). The number of hydrogen-bond acceptors (Lipinski definition) is 6. The molecule has 8 heteroatoms. The molecule has 2 fully saturated rings. The predicted molar refractivity (Wildman–Crippen MR) is 169 cm³/mol. The van der Waals surface area contributed by atoms with E-state index in [1.165, 1.54) is 19.3 Å². The number of aliphatic hydroxyl groups is 1. The molecule has 8 nitrogen and oxygen atoms in total. The van der Waals surface area contributed by atoms with Crippen LogP contribution >= 0.6 is 0 Å². The summed E-state index contributed by atoms with van der Waals surface area (Å²) in [4.78, 5) is 25.3. The minimum Gasteiger partial charge on any atom is -0.481 e. The molecule has 0 saturated carbocycles. The van der Waals surface area contributed by atoms with Crippen molar-refractivity contribution in [1.82, 2.24) is 10.2 Å². The van der Waals surface area contributed by atoms with Crippen LogP contribution in [0.2, 0.25) is 0 Å². The van der Waals surface area contributed by atoms with E-state index in [2.05, 4.69) is 58.7 Å². The number of likely N-dealkylation sites (tertiary alicyclic amines) is 1.